The van der Waals surface area contributed by atoms with Crippen molar-refractivity contribution in [2.75, 3.05) is 6.54 Å². The van der Waals surface area contributed by atoms with Crippen molar-refractivity contribution < 1.29 is 30.8 Å². The molecular formula is C30H35F4N3O3S. The number of halogens is 4. The predicted octanol–water partition coefficient (Wildman–Crippen LogP) is 6.11. The van der Waals surface area contributed by atoms with Crippen molar-refractivity contribution >= 4 is 21.6 Å². The van der Waals surface area contributed by atoms with Gasteiger partial charge in [0.15, 0.2) is 5.78 Å². The summed E-state index contributed by atoms with van der Waals surface area (Å²) in [7, 11) is -4.11. The number of hydrogen-bond acceptors (Lipinski definition) is 5. The smallest absolute Gasteiger partial charge is 0.359 e. The van der Waals surface area contributed by atoms with Crippen LogP contribution in [0.1, 0.15) is 70.4 Å². The summed E-state index contributed by atoms with van der Waals surface area (Å²) in [6.45, 7) is 6.28. The minimum absolute atomic E-state index is 0.0813. The highest BCUT2D eigenvalue weighted by molar-refractivity contribution is 7.89. The molecule has 2 aromatic rings. The molecule has 0 saturated heterocycles. The summed E-state index contributed by atoms with van der Waals surface area (Å²) in [5.74, 6) is 0.530. The van der Waals surface area contributed by atoms with Crippen LogP contribution in [0.15, 0.2) is 58.4 Å². The normalized spacial score (nSPS) is 27.3. The van der Waals surface area contributed by atoms with Crippen LogP contribution in [0.2, 0.25) is 0 Å². The summed E-state index contributed by atoms with van der Waals surface area (Å²) in [6, 6.07) is 9.02. The fourth-order valence-electron chi connectivity index (χ4n) is 6.71. The average Bonchev–Trinajstić information content (AvgIpc) is 3.27. The zero-order valence-electron chi connectivity index (χ0n) is 23.4. The first-order chi connectivity index (χ1) is 19.1. The first-order valence-corrected chi connectivity index (χ1v) is 15.4. The summed E-state index contributed by atoms with van der Waals surface area (Å²) in [5.41, 5.74) is -2.26. The molecule has 3 aliphatic carbocycles. The summed E-state index contributed by atoms with van der Waals surface area (Å²) < 4.78 is 82.1. The van der Waals surface area contributed by atoms with Crippen LogP contribution in [0.4, 0.5) is 17.6 Å². The predicted molar refractivity (Wildman–Crippen MR) is 147 cm³/mol. The Labute approximate surface area is 238 Å². The number of nitrogens with zero attached hydrogens (tertiary/aromatic N) is 2. The Morgan fingerprint density at radius 1 is 1.05 bits per heavy atom. The number of rotatable bonds is 11. The highest BCUT2D eigenvalue weighted by Crippen LogP contribution is 2.71. The van der Waals surface area contributed by atoms with Gasteiger partial charge in [-0.3, -0.25) is 9.79 Å². The van der Waals surface area contributed by atoms with Crippen molar-refractivity contribution in [3.05, 3.63) is 65.5 Å². The van der Waals surface area contributed by atoms with Crippen molar-refractivity contribution in [2.45, 2.75) is 88.0 Å². The van der Waals surface area contributed by atoms with Crippen LogP contribution in [-0.4, -0.2) is 42.0 Å². The molecule has 1 unspecified atom stereocenters. The Bertz CT molecular complexity index is 1430. The number of ketones is 1. The molecule has 11 heteroatoms. The number of carbonyl (C=O) groups excluding carboxylic acids is 1. The molecule has 0 radical (unpaired) electrons. The zero-order valence-corrected chi connectivity index (χ0v) is 24.2. The molecule has 3 fully saturated rings. The van der Waals surface area contributed by atoms with Gasteiger partial charge in [0.1, 0.15) is 17.2 Å². The molecule has 41 heavy (non-hydrogen) atoms. The summed E-state index contributed by atoms with van der Waals surface area (Å²) >= 11 is 0. The number of amidine groups is 1. The molecule has 2 bridgehead atoms. The van der Waals surface area contributed by atoms with E-state index in [-0.39, 0.29) is 28.6 Å². The van der Waals surface area contributed by atoms with Crippen LogP contribution in [0.3, 0.4) is 0 Å². The first kappa shape index (κ1) is 29.7. The minimum atomic E-state index is -4.50. The maximum absolute atomic E-state index is 13.9. The number of aliphatic imine (C=N–C) groups is 1. The van der Waals surface area contributed by atoms with Gasteiger partial charge in [0.25, 0.3) is 0 Å². The highest BCUT2D eigenvalue weighted by atomic mass is 32.2. The Hall–Kier alpha value is -2.79. The van der Waals surface area contributed by atoms with E-state index in [9.17, 15) is 30.8 Å². The number of hydrogen-bond donors (Lipinski definition) is 1. The summed E-state index contributed by atoms with van der Waals surface area (Å²) in [5, 5.41) is 3.48. The SMILES string of the molecule is CCCC1(C(=O)CC(C)C)CN=C(C23CC(N(Cc4ccc(C(F)(F)F)cc4)S(=O)(=O)c4ccc(F)cc4)(C2)C3)N1. The van der Waals surface area contributed by atoms with Gasteiger partial charge in [-0.1, -0.05) is 39.3 Å². The van der Waals surface area contributed by atoms with Gasteiger partial charge in [0.2, 0.25) is 10.0 Å². The monoisotopic (exact) mass is 593 g/mol. The van der Waals surface area contributed by atoms with Gasteiger partial charge in [-0.25, -0.2) is 12.8 Å². The second-order valence-corrected chi connectivity index (χ2v) is 14.2. The number of alkyl halides is 3. The summed E-state index contributed by atoms with van der Waals surface area (Å²) in [4.78, 5) is 17.9. The third kappa shape index (κ3) is 5.20. The van der Waals surface area contributed by atoms with Gasteiger partial charge < -0.3 is 5.32 Å². The second kappa shape index (κ2) is 10.2. The van der Waals surface area contributed by atoms with Crippen molar-refractivity contribution in [2.24, 2.45) is 16.3 Å². The number of benzene rings is 2. The van der Waals surface area contributed by atoms with Crippen LogP contribution in [0.25, 0.3) is 0 Å². The Morgan fingerprint density at radius 2 is 1.66 bits per heavy atom. The van der Waals surface area contributed by atoms with E-state index in [0.717, 1.165) is 36.5 Å². The van der Waals surface area contributed by atoms with Gasteiger partial charge in [0.05, 0.1) is 17.0 Å². The molecule has 6 rings (SSSR count). The van der Waals surface area contributed by atoms with Crippen molar-refractivity contribution in [1.82, 2.24) is 9.62 Å². The van der Waals surface area contributed by atoms with E-state index in [0.29, 0.717) is 44.2 Å². The van der Waals surface area contributed by atoms with Gasteiger partial charge >= 0.3 is 6.18 Å². The molecule has 0 amide bonds. The van der Waals surface area contributed by atoms with Crippen LogP contribution >= 0.6 is 0 Å². The van der Waals surface area contributed by atoms with Crippen LogP contribution in [0.5, 0.6) is 0 Å². The molecule has 2 aromatic carbocycles. The van der Waals surface area contributed by atoms with Crippen LogP contribution in [0, 0.1) is 17.2 Å². The molecule has 1 heterocycles. The van der Waals surface area contributed by atoms with Crippen molar-refractivity contribution in [1.29, 1.82) is 0 Å². The molecule has 1 N–H and O–H groups in total. The van der Waals surface area contributed by atoms with Crippen LogP contribution in [-0.2, 0) is 27.5 Å². The fraction of sp³-hybridized carbons (Fsp3) is 0.533. The van der Waals surface area contributed by atoms with E-state index in [1.807, 2.05) is 20.8 Å². The third-order valence-corrected chi connectivity index (χ3v) is 10.7. The van der Waals surface area contributed by atoms with E-state index in [1.165, 1.54) is 28.6 Å². The molecule has 1 atom stereocenters. The van der Waals surface area contributed by atoms with E-state index in [1.54, 1.807) is 0 Å². The lowest BCUT2D eigenvalue weighted by Gasteiger charge is -2.73. The van der Waals surface area contributed by atoms with E-state index in [4.69, 9.17) is 4.99 Å². The Balaban J connectivity index is 1.39. The number of sulfonamides is 1. The number of nitrogens with one attached hydrogen (secondary N) is 1. The lowest BCUT2D eigenvalue weighted by atomic mass is 9.38. The molecule has 0 spiro atoms. The number of carbonyl (C=O) groups is 1. The molecule has 222 valence electrons. The minimum Gasteiger partial charge on any atom is -0.359 e. The quantitative estimate of drug-likeness (QED) is 0.319. The van der Waals surface area contributed by atoms with E-state index >= 15 is 0 Å². The Morgan fingerprint density at radius 3 is 2.20 bits per heavy atom. The average molecular weight is 594 g/mol. The molecule has 1 aliphatic heterocycles. The largest absolute Gasteiger partial charge is 0.416 e. The lowest BCUT2D eigenvalue weighted by molar-refractivity contribution is -0.151. The maximum atomic E-state index is 13.9. The van der Waals surface area contributed by atoms with Gasteiger partial charge in [-0.05, 0) is 73.6 Å². The molecule has 6 nitrogen and oxygen atoms in total. The van der Waals surface area contributed by atoms with Gasteiger partial charge in [-0.15, -0.1) is 0 Å². The molecule has 4 aliphatic rings. The molecular weight excluding hydrogens is 558 g/mol. The lowest BCUT2D eigenvalue weighted by Crippen LogP contribution is -2.79. The van der Waals surface area contributed by atoms with Gasteiger partial charge in [0, 0.05) is 23.9 Å². The molecule has 0 aromatic heterocycles. The fourth-order valence-corrected chi connectivity index (χ4v) is 8.47. The van der Waals surface area contributed by atoms with E-state index < -0.39 is 38.7 Å². The number of Topliss-reactive ketones (excluding diaryl/α,β-unsaturated/α-hetero) is 1. The van der Waals surface area contributed by atoms with Crippen LogP contribution < -0.4 is 5.32 Å². The van der Waals surface area contributed by atoms with Crippen molar-refractivity contribution in [3.8, 4) is 0 Å². The second-order valence-electron chi connectivity index (χ2n) is 12.3. The van der Waals surface area contributed by atoms with Gasteiger partial charge in [-0.2, -0.15) is 17.5 Å². The standard InChI is InChI=1S/C30H35F4N3O3S/c1-4-13-29(25(38)14-20(2)3)19-35-26(36-29)27-16-28(17-27,18-27)37(41(39,40)24-11-9-23(31)10-12-24)15-21-5-7-22(8-6-21)30(32,33)34/h5-12,20H,4,13-19H2,1-3H3,(H,35,36). The Kier molecular flexibility index (Phi) is 7.38. The first-order valence-electron chi connectivity index (χ1n) is 14.0. The molecule has 3 saturated carbocycles. The zero-order chi connectivity index (χ0) is 29.8. The third-order valence-electron chi connectivity index (χ3n) is 8.71. The maximum Gasteiger partial charge on any atom is 0.416 e. The summed E-state index contributed by atoms with van der Waals surface area (Å²) in [6.07, 6.45) is -1.14. The van der Waals surface area contributed by atoms with Crippen molar-refractivity contribution in [3.63, 3.8) is 0 Å². The topological polar surface area (TPSA) is 78.8 Å². The highest BCUT2D eigenvalue weighted by Gasteiger charge is 2.75. The van der Waals surface area contributed by atoms with E-state index in [2.05, 4.69) is 5.32 Å².